The number of anilines is 2. The molecule has 1 aromatic heterocycles. The van der Waals surface area contributed by atoms with Crippen LogP contribution in [0.4, 0.5) is 10.7 Å². The van der Waals surface area contributed by atoms with Crippen molar-refractivity contribution in [3.05, 3.63) is 52.9 Å². The first-order valence-corrected chi connectivity index (χ1v) is 11.4. The van der Waals surface area contributed by atoms with Crippen molar-refractivity contribution in [1.82, 2.24) is 0 Å². The summed E-state index contributed by atoms with van der Waals surface area (Å²) in [6.45, 7) is 7.78. The average molecular weight is 431 g/mol. The van der Waals surface area contributed by atoms with E-state index in [0.29, 0.717) is 17.4 Å². The fourth-order valence-electron chi connectivity index (χ4n) is 3.25. The molecule has 0 saturated heterocycles. The summed E-state index contributed by atoms with van der Waals surface area (Å²) in [7, 11) is 3.51. The van der Waals surface area contributed by atoms with Crippen LogP contribution >= 0.6 is 11.3 Å². The number of carboxylic acids is 1. The van der Waals surface area contributed by atoms with Crippen LogP contribution in [0.15, 0.2) is 36.2 Å². The Balaban J connectivity index is 0.000000215. The molecule has 164 valence electrons. The zero-order valence-corrected chi connectivity index (χ0v) is 19.1. The molecule has 6 heteroatoms. The minimum Gasteiger partial charge on any atom is -0.478 e. The number of methoxy groups -OCH3 is 1. The fourth-order valence-corrected chi connectivity index (χ4v) is 4.24. The van der Waals surface area contributed by atoms with Crippen molar-refractivity contribution in [1.29, 1.82) is 0 Å². The predicted octanol–water partition coefficient (Wildman–Crippen LogP) is 6.17. The number of ether oxygens (including phenoxy) is 1. The molecule has 1 aliphatic carbocycles. The van der Waals surface area contributed by atoms with Crippen LogP contribution in [0.25, 0.3) is 6.08 Å². The van der Waals surface area contributed by atoms with Crippen LogP contribution in [0.2, 0.25) is 0 Å². The lowest BCUT2D eigenvalue weighted by atomic mass is 9.79. The van der Waals surface area contributed by atoms with Gasteiger partial charge in [0.2, 0.25) is 0 Å². The lowest BCUT2D eigenvalue weighted by Crippen LogP contribution is -2.12. The van der Waals surface area contributed by atoms with Gasteiger partial charge in [-0.05, 0) is 59.7 Å². The highest BCUT2D eigenvalue weighted by molar-refractivity contribution is 7.14. The molecule has 1 fully saturated rings. The average Bonchev–Trinajstić information content (AvgIpc) is 3.14. The molecular formula is C24H34N2O3S. The van der Waals surface area contributed by atoms with Gasteiger partial charge < -0.3 is 20.5 Å². The van der Waals surface area contributed by atoms with Crippen LogP contribution in [-0.2, 0) is 4.74 Å². The van der Waals surface area contributed by atoms with E-state index in [1.165, 1.54) is 17.8 Å². The highest BCUT2D eigenvalue weighted by atomic mass is 32.1. The molecule has 1 unspecified atom stereocenters. The van der Waals surface area contributed by atoms with E-state index in [1.54, 1.807) is 14.2 Å². The molecule has 0 bridgehead atoms. The lowest BCUT2D eigenvalue weighted by molar-refractivity contribution is 0.0696. The van der Waals surface area contributed by atoms with E-state index in [9.17, 15) is 4.79 Å². The summed E-state index contributed by atoms with van der Waals surface area (Å²) >= 11 is 1.49. The monoisotopic (exact) mass is 430 g/mol. The summed E-state index contributed by atoms with van der Waals surface area (Å²) in [5, 5.41) is 18.2. The molecule has 1 aromatic carbocycles. The quantitative estimate of drug-likeness (QED) is 0.420. The topological polar surface area (TPSA) is 70.6 Å². The zero-order chi connectivity index (χ0) is 21.9. The highest BCUT2D eigenvalue weighted by Gasteiger charge is 2.27. The van der Waals surface area contributed by atoms with Gasteiger partial charge >= 0.3 is 5.97 Å². The Labute approximate surface area is 184 Å². The van der Waals surface area contributed by atoms with E-state index in [-0.39, 0.29) is 0 Å². The third kappa shape index (κ3) is 6.89. The number of rotatable bonds is 10. The van der Waals surface area contributed by atoms with Gasteiger partial charge in [-0.1, -0.05) is 38.1 Å². The molecule has 5 nitrogen and oxygen atoms in total. The Morgan fingerprint density at radius 1 is 1.37 bits per heavy atom. The largest absolute Gasteiger partial charge is 0.478 e. The number of hydrogen-bond donors (Lipinski definition) is 3. The first-order chi connectivity index (χ1) is 14.5. The molecule has 0 aliphatic heterocycles. The van der Waals surface area contributed by atoms with Crippen LogP contribution < -0.4 is 10.6 Å². The highest BCUT2D eigenvalue weighted by Crippen LogP contribution is 2.42. The normalized spacial score (nSPS) is 14.1. The maximum atomic E-state index is 11.1. The van der Waals surface area contributed by atoms with Gasteiger partial charge in [0.1, 0.15) is 5.00 Å². The Morgan fingerprint density at radius 2 is 2.07 bits per heavy atom. The van der Waals surface area contributed by atoms with E-state index in [2.05, 4.69) is 48.4 Å². The number of carbonyl (C=O) groups is 1. The molecule has 1 atom stereocenters. The van der Waals surface area contributed by atoms with Gasteiger partial charge in [-0.2, -0.15) is 0 Å². The molecule has 1 heterocycles. The van der Waals surface area contributed by atoms with E-state index in [0.717, 1.165) is 54.2 Å². The van der Waals surface area contributed by atoms with Crippen LogP contribution in [-0.4, -0.2) is 38.4 Å². The first kappa shape index (κ1) is 24.0. The maximum absolute atomic E-state index is 11.1. The molecule has 1 saturated carbocycles. The van der Waals surface area contributed by atoms with Crippen molar-refractivity contribution in [2.45, 2.75) is 38.5 Å². The molecule has 3 N–H and O–H groups in total. The zero-order valence-electron chi connectivity index (χ0n) is 18.2. The summed E-state index contributed by atoms with van der Waals surface area (Å²) in [6, 6.07) is 8.30. The minimum atomic E-state index is -0.808. The summed E-state index contributed by atoms with van der Waals surface area (Å²) in [5.74, 6) is 0.302. The number of benzene rings is 1. The minimum absolute atomic E-state index is 0.486. The standard InChI is InChI=1S/C14H21NO.C10H13NO2S/c1-4-13-5-7-14(8-6-13)15-11-12(2)9-10-16-3;1-11-9-8(10(12)13)7(5-14-9)6-3-2-4-6/h4-8,12,15H,1,9-11H2,2-3H3;5-6,11H,2-4H2,1H3,(H,12,13). The third-order valence-electron chi connectivity index (χ3n) is 5.42. The second-order valence-corrected chi connectivity index (χ2v) is 8.55. The summed E-state index contributed by atoms with van der Waals surface area (Å²) in [6.07, 6.45) is 6.45. The van der Waals surface area contributed by atoms with Crippen LogP contribution in [0, 0.1) is 5.92 Å². The van der Waals surface area contributed by atoms with Gasteiger partial charge in [0.25, 0.3) is 0 Å². The molecule has 30 heavy (non-hydrogen) atoms. The van der Waals surface area contributed by atoms with E-state index >= 15 is 0 Å². The van der Waals surface area contributed by atoms with E-state index in [4.69, 9.17) is 9.84 Å². The number of aromatic carboxylic acids is 1. The third-order valence-corrected chi connectivity index (χ3v) is 6.44. The maximum Gasteiger partial charge on any atom is 0.338 e. The van der Waals surface area contributed by atoms with Crippen molar-refractivity contribution in [2.24, 2.45) is 5.92 Å². The second kappa shape index (κ2) is 12.4. The van der Waals surface area contributed by atoms with Crippen LogP contribution in [0.3, 0.4) is 0 Å². The van der Waals surface area contributed by atoms with Crippen molar-refractivity contribution in [2.75, 3.05) is 37.9 Å². The van der Waals surface area contributed by atoms with Gasteiger partial charge in [0.05, 0.1) is 5.56 Å². The summed E-state index contributed by atoms with van der Waals surface area (Å²) in [5.41, 5.74) is 3.83. The van der Waals surface area contributed by atoms with Crippen molar-refractivity contribution >= 4 is 34.1 Å². The van der Waals surface area contributed by atoms with E-state index in [1.807, 2.05) is 11.5 Å². The Kier molecular flexibility index (Phi) is 9.91. The SMILES string of the molecule is C=Cc1ccc(NCC(C)CCOC)cc1.CNc1scc(C2CCC2)c1C(=O)O. The van der Waals surface area contributed by atoms with Gasteiger partial charge in [0.15, 0.2) is 0 Å². The molecule has 2 aromatic rings. The van der Waals surface area contributed by atoms with Crippen molar-refractivity contribution in [3.63, 3.8) is 0 Å². The van der Waals surface area contributed by atoms with Crippen LogP contribution in [0.5, 0.6) is 0 Å². The fraction of sp³-hybridized carbons (Fsp3) is 0.458. The Hall–Kier alpha value is -2.31. The number of nitrogens with one attached hydrogen (secondary N) is 2. The van der Waals surface area contributed by atoms with Crippen molar-refractivity contribution < 1.29 is 14.6 Å². The lowest BCUT2D eigenvalue weighted by Gasteiger charge is -2.25. The van der Waals surface area contributed by atoms with E-state index < -0.39 is 5.97 Å². The molecule has 3 rings (SSSR count). The number of carboxylic acid groups (broad SMARTS) is 1. The predicted molar refractivity (Wildman–Crippen MR) is 128 cm³/mol. The van der Waals surface area contributed by atoms with Gasteiger partial charge in [-0.15, -0.1) is 11.3 Å². The van der Waals surface area contributed by atoms with Gasteiger partial charge in [-0.3, -0.25) is 0 Å². The Morgan fingerprint density at radius 3 is 2.57 bits per heavy atom. The number of hydrogen-bond acceptors (Lipinski definition) is 5. The molecule has 1 aliphatic rings. The molecule has 0 radical (unpaired) electrons. The molecule has 0 spiro atoms. The summed E-state index contributed by atoms with van der Waals surface area (Å²) in [4.78, 5) is 11.1. The number of thiophene rings is 1. The van der Waals surface area contributed by atoms with Crippen molar-refractivity contribution in [3.8, 4) is 0 Å². The summed E-state index contributed by atoms with van der Waals surface area (Å²) < 4.78 is 5.06. The smallest absolute Gasteiger partial charge is 0.338 e. The van der Waals surface area contributed by atoms with Gasteiger partial charge in [0, 0.05) is 33.0 Å². The van der Waals surface area contributed by atoms with Crippen LogP contribution in [0.1, 0.15) is 60.0 Å². The first-order valence-electron chi connectivity index (χ1n) is 10.5. The molecular weight excluding hydrogens is 396 g/mol. The second-order valence-electron chi connectivity index (χ2n) is 7.67. The molecule has 0 amide bonds. The Bertz CT molecular complexity index is 797. The van der Waals surface area contributed by atoms with Gasteiger partial charge in [-0.25, -0.2) is 4.79 Å².